The molecule has 12 nitrogen and oxygen atoms in total. The van der Waals surface area contributed by atoms with Crippen LogP contribution in [0.2, 0.25) is 0 Å². The van der Waals surface area contributed by atoms with Gasteiger partial charge < -0.3 is 20.4 Å². The predicted octanol–water partition coefficient (Wildman–Crippen LogP) is 3.40. The van der Waals surface area contributed by atoms with E-state index in [2.05, 4.69) is 16.0 Å². The highest BCUT2D eigenvalue weighted by atomic mass is 16.7. The molecule has 1 aliphatic rings. The Kier molecular flexibility index (Phi) is 11.8. The largest absolute Gasteiger partial charge is 0.422 e. The van der Waals surface area contributed by atoms with Crippen LogP contribution in [0, 0.1) is 5.92 Å². The Labute approximate surface area is 295 Å². The van der Waals surface area contributed by atoms with E-state index < -0.39 is 52.7 Å². The van der Waals surface area contributed by atoms with E-state index in [9.17, 15) is 28.8 Å². The predicted molar refractivity (Wildman–Crippen MR) is 189 cm³/mol. The van der Waals surface area contributed by atoms with Crippen molar-refractivity contribution in [3.8, 4) is 0 Å². The number of rotatable bonds is 14. The summed E-state index contributed by atoms with van der Waals surface area (Å²) < 4.78 is 5.40. The molecule has 1 aromatic heterocycles. The minimum absolute atomic E-state index is 0.0955. The molecule has 0 bridgehead atoms. The van der Waals surface area contributed by atoms with Crippen LogP contribution in [0.1, 0.15) is 49.8 Å². The van der Waals surface area contributed by atoms with Crippen LogP contribution in [0.4, 0.5) is 0 Å². The standard InChI is InChI=1S/C39H42N4O8/c1-25(2)20-30(42-38(49)39(23-27-14-8-5-9-15-27)33(44)18-19-34(45)43(39)50-3)36(47)41-31(21-26-12-6-4-7-13-26)35(46)40-24-29-22-28-16-10-11-17-32(28)51-37(29)48/h4-17,22,25,30-31H,18-21,23-24H2,1-3H3,(H,40,46)(H,41,47)(H,42,49)/t30-,31-,39+/m0/s1. The Morgan fingerprint density at radius 2 is 1.47 bits per heavy atom. The molecule has 3 aromatic carbocycles. The molecule has 3 N–H and O–H groups in total. The average Bonchev–Trinajstić information content (AvgIpc) is 3.12. The van der Waals surface area contributed by atoms with Gasteiger partial charge in [-0.25, -0.2) is 4.79 Å². The van der Waals surface area contributed by atoms with Gasteiger partial charge in [0, 0.05) is 31.1 Å². The second-order valence-electron chi connectivity index (χ2n) is 13.0. The maximum absolute atomic E-state index is 14.3. The summed E-state index contributed by atoms with van der Waals surface area (Å²) in [5, 5.41) is 9.82. The quantitative estimate of drug-likeness (QED) is 0.134. The number of hydroxylamine groups is 2. The number of para-hydroxylation sites is 1. The average molecular weight is 695 g/mol. The van der Waals surface area contributed by atoms with Gasteiger partial charge in [0.05, 0.1) is 19.2 Å². The van der Waals surface area contributed by atoms with Gasteiger partial charge in [-0.1, -0.05) is 92.7 Å². The molecule has 12 heteroatoms. The lowest BCUT2D eigenvalue weighted by atomic mass is 9.80. The van der Waals surface area contributed by atoms with E-state index in [1.54, 1.807) is 60.7 Å². The Balaban J connectivity index is 1.40. The van der Waals surface area contributed by atoms with Crippen molar-refractivity contribution in [2.24, 2.45) is 5.92 Å². The lowest BCUT2D eigenvalue weighted by Gasteiger charge is -2.43. The summed E-state index contributed by atoms with van der Waals surface area (Å²) in [5.41, 5.74) is -0.636. The fourth-order valence-corrected chi connectivity index (χ4v) is 6.32. The van der Waals surface area contributed by atoms with Gasteiger partial charge in [0.25, 0.3) is 5.91 Å². The van der Waals surface area contributed by atoms with E-state index in [0.717, 1.165) is 10.6 Å². The molecule has 1 fully saturated rings. The Morgan fingerprint density at radius 1 is 0.824 bits per heavy atom. The van der Waals surface area contributed by atoms with Crippen molar-refractivity contribution < 1.29 is 33.2 Å². The van der Waals surface area contributed by atoms with Gasteiger partial charge in [-0.05, 0) is 35.6 Å². The number of carbonyl (C=O) groups is 5. The second kappa shape index (κ2) is 16.4. The lowest BCUT2D eigenvalue weighted by Crippen LogP contribution is -2.70. The molecule has 4 aromatic rings. The molecule has 0 saturated carbocycles. The van der Waals surface area contributed by atoms with Crippen molar-refractivity contribution in [2.45, 2.75) is 70.1 Å². The van der Waals surface area contributed by atoms with Crippen molar-refractivity contribution in [1.29, 1.82) is 0 Å². The maximum Gasteiger partial charge on any atom is 0.341 e. The summed E-state index contributed by atoms with van der Waals surface area (Å²) in [6.45, 7) is 3.59. The monoisotopic (exact) mass is 694 g/mol. The fourth-order valence-electron chi connectivity index (χ4n) is 6.32. The molecule has 0 unspecified atom stereocenters. The van der Waals surface area contributed by atoms with Gasteiger partial charge in [0.1, 0.15) is 17.7 Å². The third-order valence-electron chi connectivity index (χ3n) is 8.87. The highest BCUT2D eigenvalue weighted by Gasteiger charge is 2.56. The minimum atomic E-state index is -2.07. The van der Waals surface area contributed by atoms with Gasteiger partial charge in [0.2, 0.25) is 23.3 Å². The summed E-state index contributed by atoms with van der Waals surface area (Å²) in [6, 6.07) is 24.2. The molecule has 266 valence electrons. The molecule has 5 rings (SSSR count). The number of hydrogen-bond donors (Lipinski definition) is 3. The van der Waals surface area contributed by atoms with Crippen LogP contribution in [-0.2, 0) is 48.2 Å². The van der Waals surface area contributed by atoms with E-state index in [1.807, 2.05) is 44.2 Å². The third-order valence-corrected chi connectivity index (χ3v) is 8.87. The molecule has 0 aliphatic carbocycles. The first-order valence-electron chi connectivity index (χ1n) is 16.9. The first-order chi connectivity index (χ1) is 24.5. The number of piperidine rings is 1. The fraction of sp³-hybridized carbons (Fsp3) is 0.333. The van der Waals surface area contributed by atoms with Crippen molar-refractivity contribution in [2.75, 3.05) is 7.11 Å². The maximum atomic E-state index is 14.3. The molecular formula is C39H42N4O8. The molecular weight excluding hydrogens is 652 g/mol. The van der Waals surface area contributed by atoms with Crippen LogP contribution in [0.15, 0.2) is 100 Å². The van der Waals surface area contributed by atoms with Crippen molar-refractivity contribution in [3.63, 3.8) is 0 Å². The zero-order chi connectivity index (χ0) is 36.5. The van der Waals surface area contributed by atoms with Crippen LogP contribution in [0.25, 0.3) is 11.0 Å². The SMILES string of the molecule is CON1C(=O)CCC(=O)[C@]1(Cc1ccccc1)C(=O)N[C@@H](CC(C)C)C(=O)N[C@@H](Cc1ccccc1)C(=O)NCc1cc2ccccc2oc1=O. The van der Waals surface area contributed by atoms with Gasteiger partial charge in [-0.3, -0.25) is 28.8 Å². The number of nitrogens with zero attached hydrogens (tertiary/aromatic N) is 1. The molecule has 51 heavy (non-hydrogen) atoms. The smallest absolute Gasteiger partial charge is 0.341 e. The number of Topliss-reactive ketones (excluding diaryl/α,β-unsaturated/α-hetero) is 1. The summed E-state index contributed by atoms with van der Waals surface area (Å²) in [7, 11) is 1.22. The number of fused-ring (bicyclic) bond motifs is 1. The van der Waals surface area contributed by atoms with Crippen molar-refractivity contribution in [1.82, 2.24) is 21.0 Å². The number of amides is 4. The molecule has 4 amide bonds. The first-order valence-corrected chi connectivity index (χ1v) is 16.9. The van der Waals surface area contributed by atoms with Crippen molar-refractivity contribution >= 4 is 40.4 Å². The normalized spacial score (nSPS) is 17.2. The van der Waals surface area contributed by atoms with E-state index in [0.29, 0.717) is 16.5 Å². The number of ketones is 1. The molecule has 1 aliphatic heterocycles. The Morgan fingerprint density at radius 3 is 2.14 bits per heavy atom. The first kappa shape index (κ1) is 36.7. The topological polar surface area (TPSA) is 164 Å². The highest BCUT2D eigenvalue weighted by molar-refractivity contribution is 6.16. The van der Waals surface area contributed by atoms with E-state index in [1.165, 1.54) is 7.11 Å². The van der Waals surface area contributed by atoms with Crippen LogP contribution in [0.3, 0.4) is 0 Å². The Bertz CT molecular complexity index is 1950. The van der Waals surface area contributed by atoms with E-state index >= 15 is 0 Å². The number of benzene rings is 3. The number of nitrogens with one attached hydrogen (secondary N) is 3. The molecule has 0 radical (unpaired) electrons. The van der Waals surface area contributed by atoms with Crippen LogP contribution >= 0.6 is 0 Å². The summed E-state index contributed by atoms with van der Waals surface area (Å²) in [6.07, 6.45) is -0.198. The minimum Gasteiger partial charge on any atom is -0.422 e. The molecule has 3 atom stereocenters. The van der Waals surface area contributed by atoms with E-state index in [4.69, 9.17) is 9.25 Å². The van der Waals surface area contributed by atoms with Gasteiger partial charge in [-0.15, -0.1) is 0 Å². The summed E-state index contributed by atoms with van der Waals surface area (Å²) in [4.78, 5) is 86.9. The zero-order valence-corrected chi connectivity index (χ0v) is 28.8. The zero-order valence-electron chi connectivity index (χ0n) is 28.8. The molecule has 1 saturated heterocycles. The van der Waals surface area contributed by atoms with Crippen molar-refractivity contribution in [3.05, 3.63) is 118 Å². The number of carbonyl (C=O) groups excluding carboxylic acids is 5. The van der Waals surface area contributed by atoms with Gasteiger partial charge in [-0.2, -0.15) is 5.06 Å². The number of hydrogen-bond acceptors (Lipinski definition) is 8. The van der Waals surface area contributed by atoms with Gasteiger partial charge >= 0.3 is 5.63 Å². The van der Waals surface area contributed by atoms with Crippen LogP contribution in [-0.4, -0.2) is 59.2 Å². The van der Waals surface area contributed by atoms with Crippen LogP contribution < -0.4 is 21.6 Å². The summed E-state index contributed by atoms with van der Waals surface area (Å²) >= 11 is 0. The second-order valence-corrected chi connectivity index (χ2v) is 13.0. The van der Waals surface area contributed by atoms with Gasteiger partial charge in [0.15, 0.2) is 5.78 Å². The lowest BCUT2D eigenvalue weighted by molar-refractivity contribution is -0.216. The molecule has 0 spiro atoms. The van der Waals surface area contributed by atoms with E-state index in [-0.39, 0.29) is 50.1 Å². The Hall–Kier alpha value is -5.62. The summed E-state index contributed by atoms with van der Waals surface area (Å²) in [5.74, 6) is -3.23. The highest BCUT2D eigenvalue weighted by Crippen LogP contribution is 2.31. The van der Waals surface area contributed by atoms with Crippen LogP contribution in [0.5, 0.6) is 0 Å². The molecule has 2 heterocycles. The third kappa shape index (κ3) is 8.58.